The van der Waals surface area contributed by atoms with E-state index in [1.807, 2.05) is 0 Å². The van der Waals surface area contributed by atoms with Gasteiger partial charge in [-0.25, -0.2) is 12.8 Å². The smallest absolute Gasteiger partial charge is 0.326 e. The quantitative estimate of drug-likeness (QED) is 0.599. The third-order valence-corrected chi connectivity index (χ3v) is 6.96. The van der Waals surface area contributed by atoms with E-state index in [-0.39, 0.29) is 23.9 Å². The Hall–Kier alpha value is -1.68. The third kappa shape index (κ3) is 5.02. The Morgan fingerprint density at radius 3 is 2.25 bits per heavy atom. The molecule has 1 saturated carbocycles. The number of hydrogen-bond acceptors (Lipinski definition) is 3. The second-order valence-corrected chi connectivity index (χ2v) is 8.80. The van der Waals surface area contributed by atoms with E-state index >= 15 is 0 Å². The number of sulfonamides is 1. The zero-order valence-corrected chi connectivity index (χ0v) is 16.8. The lowest BCUT2D eigenvalue weighted by atomic mass is 10.1. The van der Waals surface area contributed by atoms with E-state index in [0.29, 0.717) is 17.7 Å². The summed E-state index contributed by atoms with van der Waals surface area (Å²) in [4.78, 5) is 13.0. The van der Waals surface area contributed by atoms with Crippen molar-refractivity contribution in [2.75, 3.05) is 19.6 Å². The summed E-state index contributed by atoms with van der Waals surface area (Å²) < 4.78 is 79.7. The van der Waals surface area contributed by atoms with Gasteiger partial charge in [0.1, 0.15) is 12.4 Å². The Morgan fingerprint density at radius 1 is 1.21 bits per heavy atom. The Labute approximate surface area is 162 Å². The first-order chi connectivity index (χ1) is 12.9. The zero-order chi connectivity index (χ0) is 21.3. The number of amides is 1. The molecular weight excluding hydrogens is 400 g/mol. The molecular formula is C18H24F4N2O3S. The van der Waals surface area contributed by atoms with Gasteiger partial charge in [0, 0.05) is 19.1 Å². The van der Waals surface area contributed by atoms with Crippen molar-refractivity contribution >= 4 is 15.9 Å². The molecule has 1 amide bonds. The molecule has 28 heavy (non-hydrogen) atoms. The molecule has 1 aliphatic carbocycles. The number of hydrogen-bond donors (Lipinski definition) is 0. The molecule has 1 aromatic rings. The maximum Gasteiger partial charge on any atom is 0.406 e. The summed E-state index contributed by atoms with van der Waals surface area (Å²) in [6.07, 6.45) is -3.26. The maximum absolute atomic E-state index is 14.3. The average Bonchev–Trinajstić information content (AvgIpc) is 3.44. The van der Waals surface area contributed by atoms with Gasteiger partial charge in [0.05, 0.1) is 10.5 Å². The highest BCUT2D eigenvalue weighted by Crippen LogP contribution is 2.37. The molecule has 1 fully saturated rings. The number of rotatable bonds is 8. The van der Waals surface area contributed by atoms with E-state index in [1.165, 1.54) is 6.92 Å². The zero-order valence-electron chi connectivity index (χ0n) is 16.0. The van der Waals surface area contributed by atoms with Gasteiger partial charge in [0.15, 0.2) is 0 Å². The molecule has 0 aliphatic heterocycles. The van der Waals surface area contributed by atoms with Gasteiger partial charge in [-0.2, -0.15) is 17.5 Å². The Balaban J connectivity index is 2.45. The monoisotopic (exact) mass is 424 g/mol. The summed E-state index contributed by atoms with van der Waals surface area (Å²) in [5.74, 6) is -2.29. The molecule has 0 heterocycles. The molecule has 0 radical (unpaired) electrons. The lowest BCUT2D eigenvalue weighted by Gasteiger charge is -2.30. The Kier molecular flexibility index (Phi) is 6.75. The van der Waals surface area contributed by atoms with E-state index in [9.17, 15) is 30.8 Å². The molecule has 158 valence electrons. The van der Waals surface area contributed by atoms with Crippen molar-refractivity contribution in [2.45, 2.75) is 50.7 Å². The minimum atomic E-state index is -4.65. The highest BCUT2D eigenvalue weighted by Gasteiger charge is 2.41. The normalized spacial score (nSPS) is 16.3. The standard InChI is InChI=1S/C18H24F4N2O3S/c1-4-23(5-2)28(26,27)14-8-9-16(19)15(10-14)17(25)24(11-18(20,21)22)12(3)13-6-7-13/h8-10,12-13H,4-7,11H2,1-3H3. The molecule has 0 saturated heterocycles. The Bertz CT molecular complexity index is 819. The fourth-order valence-electron chi connectivity index (χ4n) is 3.12. The van der Waals surface area contributed by atoms with Crippen LogP contribution in [0.1, 0.15) is 44.0 Å². The van der Waals surface area contributed by atoms with E-state index in [2.05, 4.69) is 0 Å². The van der Waals surface area contributed by atoms with Gasteiger partial charge >= 0.3 is 6.18 Å². The van der Waals surface area contributed by atoms with Gasteiger partial charge in [0.2, 0.25) is 10.0 Å². The molecule has 0 aromatic heterocycles. The third-order valence-electron chi connectivity index (χ3n) is 4.92. The predicted molar refractivity (Wildman–Crippen MR) is 95.8 cm³/mol. The SMILES string of the molecule is CCN(CC)S(=O)(=O)c1ccc(F)c(C(=O)N(CC(F)(F)F)C(C)C2CC2)c1. The summed E-state index contributed by atoms with van der Waals surface area (Å²) in [6.45, 7) is 3.56. The lowest BCUT2D eigenvalue weighted by Crippen LogP contribution is -2.45. The van der Waals surface area contributed by atoms with Crippen LogP contribution in [-0.4, -0.2) is 55.4 Å². The van der Waals surface area contributed by atoms with Gasteiger partial charge < -0.3 is 4.90 Å². The average molecular weight is 424 g/mol. The summed E-state index contributed by atoms with van der Waals surface area (Å²) in [5.41, 5.74) is -0.676. The minimum absolute atomic E-state index is 0.0723. The van der Waals surface area contributed by atoms with E-state index in [1.54, 1.807) is 13.8 Å². The highest BCUT2D eigenvalue weighted by atomic mass is 32.2. The van der Waals surface area contributed by atoms with Crippen LogP contribution in [0.4, 0.5) is 17.6 Å². The minimum Gasteiger partial charge on any atom is -0.326 e. The summed E-state index contributed by atoms with van der Waals surface area (Å²) in [7, 11) is -3.99. The molecule has 1 unspecified atom stereocenters. The van der Waals surface area contributed by atoms with Crippen molar-refractivity contribution in [3.8, 4) is 0 Å². The first kappa shape index (κ1) is 22.6. The molecule has 2 rings (SSSR count). The van der Waals surface area contributed by atoms with Crippen molar-refractivity contribution in [1.82, 2.24) is 9.21 Å². The number of alkyl halides is 3. The van der Waals surface area contributed by atoms with Crippen LogP contribution in [0.25, 0.3) is 0 Å². The van der Waals surface area contributed by atoms with E-state index < -0.39 is 46.1 Å². The van der Waals surface area contributed by atoms with E-state index in [4.69, 9.17) is 0 Å². The fraction of sp³-hybridized carbons (Fsp3) is 0.611. The van der Waals surface area contributed by atoms with E-state index in [0.717, 1.165) is 22.5 Å². The largest absolute Gasteiger partial charge is 0.406 e. The van der Waals surface area contributed by atoms with Crippen LogP contribution in [0.2, 0.25) is 0 Å². The van der Waals surface area contributed by atoms with Crippen LogP contribution >= 0.6 is 0 Å². The summed E-state index contributed by atoms with van der Waals surface area (Å²) in [5, 5.41) is 0. The summed E-state index contributed by atoms with van der Waals surface area (Å²) in [6, 6.07) is 1.92. The van der Waals surface area contributed by atoms with Crippen molar-refractivity contribution in [3.63, 3.8) is 0 Å². The van der Waals surface area contributed by atoms with Crippen LogP contribution < -0.4 is 0 Å². The molecule has 0 bridgehead atoms. The second kappa shape index (κ2) is 8.36. The van der Waals surface area contributed by atoms with Gasteiger partial charge in [-0.3, -0.25) is 4.79 Å². The first-order valence-corrected chi connectivity index (χ1v) is 10.5. The molecule has 1 aromatic carbocycles. The molecule has 1 atom stereocenters. The molecule has 1 aliphatic rings. The number of halogens is 4. The van der Waals surface area contributed by atoms with Crippen LogP contribution in [0.5, 0.6) is 0 Å². The van der Waals surface area contributed by atoms with Crippen LogP contribution in [0.3, 0.4) is 0 Å². The molecule has 5 nitrogen and oxygen atoms in total. The van der Waals surface area contributed by atoms with Gasteiger partial charge in [-0.15, -0.1) is 0 Å². The highest BCUT2D eigenvalue weighted by molar-refractivity contribution is 7.89. The van der Waals surface area contributed by atoms with Gasteiger partial charge in [-0.05, 0) is 43.9 Å². The topological polar surface area (TPSA) is 57.7 Å². The molecule has 0 N–H and O–H groups in total. The maximum atomic E-state index is 14.3. The second-order valence-electron chi connectivity index (χ2n) is 6.86. The summed E-state index contributed by atoms with van der Waals surface area (Å²) >= 11 is 0. The van der Waals surface area contributed by atoms with Crippen molar-refractivity contribution < 1.29 is 30.8 Å². The molecule has 10 heteroatoms. The number of carbonyl (C=O) groups excluding carboxylic acids is 1. The lowest BCUT2D eigenvalue weighted by molar-refractivity contribution is -0.144. The number of nitrogens with zero attached hydrogens (tertiary/aromatic N) is 2. The van der Waals surface area contributed by atoms with Crippen LogP contribution in [-0.2, 0) is 10.0 Å². The van der Waals surface area contributed by atoms with Crippen molar-refractivity contribution in [1.29, 1.82) is 0 Å². The predicted octanol–water partition coefficient (Wildman–Crippen LogP) is 3.66. The number of benzene rings is 1. The van der Waals surface area contributed by atoms with Crippen molar-refractivity contribution in [3.05, 3.63) is 29.6 Å². The van der Waals surface area contributed by atoms with Crippen LogP contribution in [0, 0.1) is 11.7 Å². The molecule has 0 spiro atoms. The van der Waals surface area contributed by atoms with Gasteiger partial charge in [-0.1, -0.05) is 13.8 Å². The number of carbonyl (C=O) groups is 1. The Morgan fingerprint density at radius 2 is 1.79 bits per heavy atom. The fourth-order valence-corrected chi connectivity index (χ4v) is 4.61. The van der Waals surface area contributed by atoms with Crippen molar-refractivity contribution in [2.24, 2.45) is 5.92 Å². The first-order valence-electron chi connectivity index (χ1n) is 9.09. The van der Waals surface area contributed by atoms with Gasteiger partial charge in [0.25, 0.3) is 5.91 Å². The van der Waals surface area contributed by atoms with Crippen LogP contribution in [0.15, 0.2) is 23.1 Å².